The molecule has 0 atom stereocenters. The van der Waals surface area contributed by atoms with Crippen LogP contribution < -0.4 is 25.0 Å². The number of rotatable bonds is 12. The molecule has 1 aromatic heterocycles. The molecule has 0 bridgehead atoms. The number of carbonyl (C=O) groups is 2. The zero-order valence-corrected chi connectivity index (χ0v) is 22.0. The van der Waals surface area contributed by atoms with Gasteiger partial charge >= 0.3 is 0 Å². The zero-order valence-electron chi connectivity index (χ0n) is 22.0. The van der Waals surface area contributed by atoms with Crippen molar-refractivity contribution in [3.05, 3.63) is 71.0 Å². The van der Waals surface area contributed by atoms with Crippen LogP contribution in [0.1, 0.15) is 35.9 Å². The normalized spacial score (nSPS) is 10.8. The molecular formula is C28H34N4O5. The van der Waals surface area contributed by atoms with E-state index >= 15 is 0 Å². The lowest BCUT2D eigenvalue weighted by Crippen LogP contribution is -2.31. The van der Waals surface area contributed by atoms with Gasteiger partial charge in [0, 0.05) is 29.2 Å². The number of benzene rings is 2. The van der Waals surface area contributed by atoms with Crippen molar-refractivity contribution in [1.82, 2.24) is 15.3 Å². The summed E-state index contributed by atoms with van der Waals surface area (Å²) in [4.78, 5) is 24.3. The molecule has 2 aromatic carbocycles. The third-order valence-electron chi connectivity index (χ3n) is 5.77. The van der Waals surface area contributed by atoms with E-state index < -0.39 is 5.91 Å². The molecule has 9 nitrogen and oxygen atoms in total. The molecule has 3 rings (SSSR count). The Hall–Kier alpha value is -4.27. The SMILES string of the molecule is CCOc1ccc(-n2c(C)cc(/C=N/NC(=O)CC(=O)NCCc3ccc(OC)c(OC)c3)c2C)cc1. The van der Waals surface area contributed by atoms with Crippen LogP contribution in [0.3, 0.4) is 0 Å². The molecule has 2 N–H and O–H groups in total. The number of hydrogen-bond acceptors (Lipinski definition) is 6. The van der Waals surface area contributed by atoms with Crippen molar-refractivity contribution in [3.8, 4) is 22.9 Å². The largest absolute Gasteiger partial charge is 0.494 e. The highest BCUT2D eigenvalue weighted by Crippen LogP contribution is 2.27. The van der Waals surface area contributed by atoms with E-state index in [2.05, 4.69) is 20.4 Å². The van der Waals surface area contributed by atoms with E-state index in [-0.39, 0.29) is 12.3 Å². The summed E-state index contributed by atoms with van der Waals surface area (Å²) in [7, 11) is 3.15. The first-order valence-electron chi connectivity index (χ1n) is 12.1. The van der Waals surface area contributed by atoms with E-state index in [9.17, 15) is 9.59 Å². The van der Waals surface area contributed by atoms with Crippen LogP contribution in [0.4, 0.5) is 0 Å². The van der Waals surface area contributed by atoms with Gasteiger partial charge in [-0.15, -0.1) is 0 Å². The second-order valence-electron chi connectivity index (χ2n) is 8.35. The topological polar surface area (TPSA) is 103 Å². The van der Waals surface area contributed by atoms with Gasteiger partial charge in [0.15, 0.2) is 11.5 Å². The summed E-state index contributed by atoms with van der Waals surface area (Å²) < 4.78 is 18.1. The van der Waals surface area contributed by atoms with Crippen molar-refractivity contribution in [3.63, 3.8) is 0 Å². The smallest absolute Gasteiger partial charge is 0.249 e. The highest BCUT2D eigenvalue weighted by atomic mass is 16.5. The Morgan fingerprint density at radius 3 is 2.38 bits per heavy atom. The molecule has 3 aromatic rings. The average molecular weight is 507 g/mol. The second-order valence-corrected chi connectivity index (χ2v) is 8.35. The molecule has 0 fully saturated rings. The molecule has 0 unspecified atom stereocenters. The Morgan fingerprint density at radius 2 is 1.70 bits per heavy atom. The van der Waals surface area contributed by atoms with Gasteiger partial charge in [-0.25, -0.2) is 5.43 Å². The molecule has 196 valence electrons. The van der Waals surface area contributed by atoms with E-state index in [1.165, 1.54) is 0 Å². The van der Waals surface area contributed by atoms with Crippen molar-refractivity contribution in [2.24, 2.45) is 5.10 Å². The maximum Gasteiger partial charge on any atom is 0.249 e. The lowest BCUT2D eigenvalue weighted by Gasteiger charge is -2.11. The average Bonchev–Trinajstić information content (AvgIpc) is 3.17. The summed E-state index contributed by atoms with van der Waals surface area (Å²) in [5.41, 5.74) is 7.29. The molecule has 37 heavy (non-hydrogen) atoms. The number of nitrogens with zero attached hydrogens (tertiary/aromatic N) is 2. The fraction of sp³-hybridized carbons (Fsp3) is 0.321. The predicted molar refractivity (Wildman–Crippen MR) is 143 cm³/mol. The van der Waals surface area contributed by atoms with Crippen LogP contribution in [0.2, 0.25) is 0 Å². The Morgan fingerprint density at radius 1 is 0.973 bits per heavy atom. The monoisotopic (exact) mass is 506 g/mol. The van der Waals surface area contributed by atoms with Crippen molar-refractivity contribution in [2.75, 3.05) is 27.4 Å². The van der Waals surface area contributed by atoms with Gasteiger partial charge in [-0.3, -0.25) is 9.59 Å². The van der Waals surface area contributed by atoms with Gasteiger partial charge in [-0.2, -0.15) is 5.10 Å². The highest BCUT2D eigenvalue weighted by molar-refractivity contribution is 5.97. The van der Waals surface area contributed by atoms with Crippen LogP contribution in [-0.4, -0.2) is 50.0 Å². The fourth-order valence-electron chi connectivity index (χ4n) is 3.98. The molecule has 0 aliphatic heterocycles. The van der Waals surface area contributed by atoms with Crippen molar-refractivity contribution in [2.45, 2.75) is 33.6 Å². The van der Waals surface area contributed by atoms with Crippen LogP contribution in [0.15, 0.2) is 53.6 Å². The molecule has 9 heteroatoms. The lowest BCUT2D eigenvalue weighted by molar-refractivity contribution is -0.129. The van der Waals surface area contributed by atoms with Crippen molar-refractivity contribution in [1.29, 1.82) is 0 Å². The van der Waals surface area contributed by atoms with Crippen LogP contribution in [0.25, 0.3) is 5.69 Å². The molecular weight excluding hydrogens is 472 g/mol. The summed E-state index contributed by atoms with van der Waals surface area (Å²) in [5.74, 6) is 1.24. The van der Waals surface area contributed by atoms with Gasteiger partial charge in [0.1, 0.15) is 12.2 Å². The number of amides is 2. The van der Waals surface area contributed by atoms with Crippen LogP contribution in [-0.2, 0) is 16.0 Å². The summed E-state index contributed by atoms with van der Waals surface area (Å²) in [6.45, 7) is 6.95. The Kier molecular flexibility index (Phi) is 9.71. The van der Waals surface area contributed by atoms with Gasteiger partial charge < -0.3 is 24.1 Å². The molecule has 0 spiro atoms. The van der Waals surface area contributed by atoms with Crippen LogP contribution in [0.5, 0.6) is 17.2 Å². The first kappa shape index (κ1) is 27.3. The van der Waals surface area contributed by atoms with E-state index in [0.717, 1.165) is 34.0 Å². The number of hydrogen-bond donors (Lipinski definition) is 2. The summed E-state index contributed by atoms with van der Waals surface area (Å²) in [5, 5.41) is 6.79. The van der Waals surface area contributed by atoms with Crippen LogP contribution in [0, 0.1) is 13.8 Å². The van der Waals surface area contributed by atoms with Crippen molar-refractivity contribution < 1.29 is 23.8 Å². The molecule has 1 heterocycles. The zero-order chi connectivity index (χ0) is 26.8. The van der Waals surface area contributed by atoms with E-state index in [1.54, 1.807) is 20.4 Å². The van der Waals surface area contributed by atoms with Crippen LogP contribution >= 0.6 is 0 Å². The molecule has 0 saturated carbocycles. The third kappa shape index (κ3) is 7.36. The van der Waals surface area contributed by atoms with Gasteiger partial charge in [-0.1, -0.05) is 6.07 Å². The quantitative estimate of drug-likeness (QED) is 0.221. The number of carbonyl (C=O) groups excluding carboxylic acids is 2. The molecule has 0 aliphatic rings. The summed E-state index contributed by atoms with van der Waals surface area (Å²) in [6.07, 6.45) is 1.87. The maximum absolute atomic E-state index is 12.2. The molecule has 0 saturated heterocycles. The minimum Gasteiger partial charge on any atom is -0.494 e. The minimum atomic E-state index is -0.486. The first-order valence-corrected chi connectivity index (χ1v) is 12.1. The Labute approximate surface area is 217 Å². The Bertz CT molecular complexity index is 1250. The minimum absolute atomic E-state index is 0.311. The highest BCUT2D eigenvalue weighted by Gasteiger charge is 2.11. The van der Waals surface area contributed by atoms with Gasteiger partial charge in [0.2, 0.25) is 11.8 Å². The van der Waals surface area contributed by atoms with Gasteiger partial charge in [0.25, 0.3) is 0 Å². The number of ether oxygens (including phenoxy) is 3. The molecule has 0 aliphatic carbocycles. The maximum atomic E-state index is 12.2. The number of aromatic nitrogens is 1. The number of aryl methyl sites for hydroxylation is 1. The second kappa shape index (κ2) is 13.2. The fourth-order valence-corrected chi connectivity index (χ4v) is 3.98. The van der Waals surface area contributed by atoms with Crippen molar-refractivity contribution >= 4 is 18.0 Å². The number of hydrazone groups is 1. The standard InChI is InChI=1S/C28H34N4O5/c1-6-37-24-10-8-23(9-11-24)32-19(2)15-22(20(32)3)18-30-31-28(34)17-27(33)29-14-13-21-7-12-25(35-4)26(16-21)36-5/h7-12,15-16,18H,6,13-14,17H2,1-5H3,(H,29,33)(H,31,34)/b30-18+. The van der Waals surface area contributed by atoms with E-state index in [4.69, 9.17) is 14.2 Å². The van der Waals surface area contributed by atoms with Gasteiger partial charge in [-0.05, 0) is 75.2 Å². The number of nitrogens with one attached hydrogen (secondary N) is 2. The van der Waals surface area contributed by atoms with E-state index in [1.807, 2.05) is 69.3 Å². The third-order valence-corrected chi connectivity index (χ3v) is 5.77. The van der Waals surface area contributed by atoms with E-state index in [0.29, 0.717) is 31.1 Å². The molecule has 2 amide bonds. The summed E-state index contributed by atoms with van der Waals surface area (Å²) in [6, 6.07) is 15.4. The Balaban J connectivity index is 1.48. The lowest BCUT2D eigenvalue weighted by atomic mass is 10.1. The molecule has 0 radical (unpaired) electrons. The van der Waals surface area contributed by atoms with Gasteiger partial charge in [0.05, 0.1) is 27.0 Å². The number of methoxy groups -OCH3 is 2. The predicted octanol–water partition coefficient (Wildman–Crippen LogP) is 3.71. The first-order chi connectivity index (χ1) is 17.9. The summed E-state index contributed by atoms with van der Waals surface area (Å²) >= 11 is 0.